The van der Waals surface area contributed by atoms with Crippen LogP contribution in [-0.2, 0) is 23.7 Å². The molecule has 0 saturated carbocycles. The average molecular weight is 451 g/mol. The number of carbonyl (C=O) groups excluding carboxylic acids is 3. The Balaban J connectivity index is 1.54. The van der Waals surface area contributed by atoms with E-state index in [4.69, 9.17) is 0 Å². The summed E-state index contributed by atoms with van der Waals surface area (Å²) in [5.74, 6) is -0.953. The van der Waals surface area contributed by atoms with Gasteiger partial charge >= 0.3 is 5.69 Å². The number of aromatic nitrogens is 2. The van der Waals surface area contributed by atoms with E-state index in [0.717, 1.165) is 38.8 Å². The summed E-state index contributed by atoms with van der Waals surface area (Å²) in [6.07, 6.45) is 1.60. The highest BCUT2D eigenvalue weighted by molar-refractivity contribution is 8.18. The molecule has 1 N–H and O–H groups in total. The third-order valence-corrected chi connectivity index (χ3v) is 6.42. The van der Waals surface area contributed by atoms with Crippen LogP contribution < -0.4 is 11.0 Å². The molecule has 3 aromatic rings. The second kappa shape index (κ2) is 8.16. The van der Waals surface area contributed by atoms with Crippen molar-refractivity contribution in [2.45, 2.75) is 13.8 Å². The zero-order chi connectivity index (χ0) is 23.2. The number of aryl methyl sites for hydroxylation is 4. The van der Waals surface area contributed by atoms with Crippen LogP contribution >= 0.6 is 11.8 Å². The Labute approximate surface area is 188 Å². The van der Waals surface area contributed by atoms with Crippen molar-refractivity contribution >= 4 is 51.6 Å². The van der Waals surface area contributed by atoms with Gasteiger partial charge in [0, 0.05) is 19.8 Å². The van der Waals surface area contributed by atoms with Gasteiger partial charge in [-0.05, 0) is 60.5 Å². The minimum atomic E-state index is -0.515. The molecule has 2 aromatic carbocycles. The molecular formula is C23H22N4O4S. The van der Waals surface area contributed by atoms with Gasteiger partial charge in [-0.1, -0.05) is 24.3 Å². The monoisotopic (exact) mass is 450 g/mol. The van der Waals surface area contributed by atoms with Crippen LogP contribution in [0.15, 0.2) is 46.1 Å². The van der Waals surface area contributed by atoms with Crippen molar-refractivity contribution in [2.24, 2.45) is 14.1 Å². The highest BCUT2D eigenvalue weighted by atomic mass is 32.2. The van der Waals surface area contributed by atoms with Gasteiger partial charge in [-0.15, -0.1) is 0 Å². The number of nitrogens with zero attached hydrogens (tertiary/aromatic N) is 3. The molecule has 9 heteroatoms. The van der Waals surface area contributed by atoms with Crippen molar-refractivity contribution in [3.05, 3.63) is 68.5 Å². The zero-order valence-electron chi connectivity index (χ0n) is 18.1. The van der Waals surface area contributed by atoms with E-state index in [0.29, 0.717) is 11.3 Å². The molecule has 1 aromatic heterocycles. The highest BCUT2D eigenvalue weighted by Crippen LogP contribution is 2.32. The summed E-state index contributed by atoms with van der Waals surface area (Å²) in [5.41, 5.74) is 4.51. The van der Waals surface area contributed by atoms with Gasteiger partial charge in [-0.25, -0.2) is 4.79 Å². The quantitative estimate of drug-likeness (QED) is 0.617. The third-order valence-electron chi connectivity index (χ3n) is 5.51. The average Bonchev–Trinajstić information content (AvgIpc) is 3.13. The second-order valence-electron chi connectivity index (χ2n) is 7.73. The van der Waals surface area contributed by atoms with Gasteiger partial charge in [-0.2, -0.15) is 0 Å². The van der Waals surface area contributed by atoms with Crippen LogP contribution in [0.2, 0.25) is 0 Å². The summed E-state index contributed by atoms with van der Waals surface area (Å²) in [6.45, 7) is 3.40. The number of imide groups is 1. The van der Waals surface area contributed by atoms with Crippen LogP contribution in [0.4, 0.5) is 10.5 Å². The number of hydrogen-bond donors (Lipinski definition) is 1. The van der Waals surface area contributed by atoms with E-state index in [9.17, 15) is 19.2 Å². The van der Waals surface area contributed by atoms with Crippen molar-refractivity contribution in [3.63, 3.8) is 0 Å². The zero-order valence-corrected chi connectivity index (χ0v) is 18.9. The summed E-state index contributed by atoms with van der Waals surface area (Å²) in [7, 11) is 3.37. The van der Waals surface area contributed by atoms with Gasteiger partial charge in [0.2, 0.25) is 5.91 Å². The molecule has 1 aliphatic heterocycles. The van der Waals surface area contributed by atoms with Crippen molar-refractivity contribution < 1.29 is 14.4 Å². The van der Waals surface area contributed by atoms with Crippen molar-refractivity contribution in [2.75, 3.05) is 11.9 Å². The second-order valence-corrected chi connectivity index (χ2v) is 8.72. The number of imidazole rings is 1. The van der Waals surface area contributed by atoms with Gasteiger partial charge in [0.25, 0.3) is 11.1 Å². The number of thioether (sulfide) groups is 1. The Kier molecular flexibility index (Phi) is 5.52. The number of benzene rings is 2. The molecule has 2 heterocycles. The molecule has 1 aliphatic rings. The summed E-state index contributed by atoms with van der Waals surface area (Å²) in [4.78, 5) is 51.0. The van der Waals surface area contributed by atoms with Gasteiger partial charge in [0.05, 0.1) is 15.9 Å². The van der Waals surface area contributed by atoms with E-state index in [-0.39, 0.29) is 17.1 Å². The van der Waals surface area contributed by atoms with E-state index in [2.05, 4.69) is 5.32 Å². The molecule has 0 radical (unpaired) electrons. The number of para-hydroxylation sites is 1. The molecule has 4 rings (SSSR count). The third kappa shape index (κ3) is 3.75. The fourth-order valence-electron chi connectivity index (χ4n) is 3.74. The number of hydrogen-bond acceptors (Lipinski definition) is 5. The summed E-state index contributed by atoms with van der Waals surface area (Å²) >= 11 is 0.794. The van der Waals surface area contributed by atoms with Gasteiger partial charge in [-0.3, -0.25) is 28.4 Å². The maximum Gasteiger partial charge on any atom is 0.328 e. The van der Waals surface area contributed by atoms with Crippen LogP contribution in [0.5, 0.6) is 0 Å². The number of amides is 3. The van der Waals surface area contributed by atoms with Crippen LogP contribution in [0.25, 0.3) is 17.1 Å². The van der Waals surface area contributed by atoms with Gasteiger partial charge < -0.3 is 5.32 Å². The van der Waals surface area contributed by atoms with E-state index in [1.165, 1.54) is 4.57 Å². The first-order valence-corrected chi connectivity index (χ1v) is 10.8. The molecule has 0 bridgehead atoms. The number of anilines is 1. The maximum absolute atomic E-state index is 12.8. The van der Waals surface area contributed by atoms with E-state index in [1.54, 1.807) is 42.9 Å². The minimum Gasteiger partial charge on any atom is -0.324 e. The lowest BCUT2D eigenvalue weighted by molar-refractivity contribution is -0.127. The topological polar surface area (TPSA) is 93.4 Å². The molecule has 32 heavy (non-hydrogen) atoms. The first kappa shape index (κ1) is 21.6. The molecule has 0 unspecified atom stereocenters. The normalized spacial score (nSPS) is 15.2. The van der Waals surface area contributed by atoms with Crippen LogP contribution in [0.3, 0.4) is 0 Å². The number of fused-ring (bicyclic) bond motifs is 1. The van der Waals surface area contributed by atoms with E-state index >= 15 is 0 Å². The lowest BCUT2D eigenvalue weighted by Gasteiger charge is -2.15. The fraction of sp³-hybridized carbons (Fsp3) is 0.217. The molecule has 1 saturated heterocycles. The van der Waals surface area contributed by atoms with E-state index in [1.807, 2.05) is 32.0 Å². The Morgan fingerprint density at radius 1 is 1.00 bits per heavy atom. The standard InChI is InChI=1S/C23H22N4O4S/c1-13-6-5-7-14(2)20(13)24-19(28)12-27-21(29)18(32-23(27)31)11-15-8-9-16-17(10-15)26(4)22(30)25(16)3/h5-11H,12H2,1-4H3,(H,24,28)/b18-11-. The maximum atomic E-state index is 12.8. The van der Waals surface area contributed by atoms with Crippen LogP contribution in [0.1, 0.15) is 16.7 Å². The smallest absolute Gasteiger partial charge is 0.324 e. The SMILES string of the molecule is Cc1cccc(C)c1NC(=O)CN1C(=O)S/C(=C\c2ccc3c(c2)n(C)c(=O)n3C)C1=O. The van der Waals surface area contributed by atoms with Crippen molar-refractivity contribution in [1.82, 2.24) is 14.0 Å². The van der Waals surface area contributed by atoms with Crippen LogP contribution in [-0.4, -0.2) is 37.6 Å². The Morgan fingerprint density at radius 2 is 1.66 bits per heavy atom. The van der Waals surface area contributed by atoms with Gasteiger partial charge in [0.1, 0.15) is 6.54 Å². The fourth-order valence-corrected chi connectivity index (χ4v) is 4.57. The largest absolute Gasteiger partial charge is 0.328 e. The lowest BCUT2D eigenvalue weighted by atomic mass is 10.1. The highest BCUT2D eigenvalue weighted by Gasteiger charge is 2.36. The molecule has 0 spiro atoms. The first-order chi connectivity index (χ1) is 15.2. The number of rotatable bonds is 4. The summed E-state index contributed by atoms with van der Waals surface area (Å²) < 4.78 is 3.07. The predicted molar refractivity (Wildman–Crippen MR) is 125 cm³/mol. The van der Waals surface area contributed by atoms with Crippen LogP contribution in [0, 0.1) is 13.8 Å². The predicted octanol–water partition coefficient (Wildman–Crippen LogP) is 3.17. The van der Waals surface area contributed by atoms with Gasteiger partial charge in [0.15, 0.2) is 0 Å². The minimum absolute atomic E-state index is 0.146. The Bertz CT molecular complexity index is 1360. The molecule has 164 valence electrons. The van der Waals surface area contributed by atoms with E-state index < -0.39 is 17.1 Å². The number of nitrogens with one attached hydrogen (secondary N) is 1. The van der Waals surface area contributed by atoms with Crippen molar-refractivity contribution in [3.8, 4) is 0 Å². The molecule has 0 aliphatic carbocycles. The Morgan fingerprint density at radius 3 is 2.34 bits per heavy atom. The molecular weight excluding hydrogens is 428 g/mol. The van der Waals surface area contributed by atoms with Crippen molar-refractivity contribution in [1.29, 1.82) is 0 Å². The first-order valence-electron chi connectivity index (χ1n) is 9.94. The molecule has 0 atom stereocenters. The molecule has 3 amide bonds. The molecule has 1 fully saturated rings. The summed E-state index contributed by atoms with van der Waals surface area (Å²) in [6, 6.07) is 11.0. The number of carbonyl (C=O) groups is 3. The molecule has 8 nitrogen and oxygen atoms in total. The lowest BCUT2D eigenvalue weighted by Crippen LogP contribution is -2.36. The Hall–Kier alpha value is -3.59. The summed E-state index contributed by atoms with van der Waals surface area (Å²) in [5, 5.41) is 2.30.